The van der Waals surface area contributed by atoms with E-state index in [0.29, 0.717) is 13.2 Å². The van der Waals surface area contributed by atoms with Crippen molar-refractivity contribution < 1.29 is 14.2 Å². The third kappa shape index (κ3) is 6.28. The zero-order valence-electron chi connectivity index (χ0n) is 7.79. The Morgan fingerprint density at radius 2 is 1.82 bits per heavy atom. The average molecular weight is 162 g/mol. The monoisotopic (exact) mass is 162 g/mol. The topological polar surface area (TPSA) is 27.7 Å². The summed E-state index contributed by atoms with van der Waals surface area (Å²) < 4.78 is 15.5. The molecule has 0 saturated heterocycles. The van der Waals surface area contributed by atoms with Gasteiger partial charge in [0.1, 0.15) is 0 Å². The standard InChI is InChI=1S/C8H18O3/c1-5-10-8(9-4)6-11-7(2)3/h7-8H,5-6H2,1-4H3. The lowest BCUT2D eigenvalue weighted by Crippen LogP contribution is -2.23. The first kappa shape index (κ1) is 10.9. The minimum atomic E-state index is -0.220. The summed E-state index contributed by atoms with van der Waals surface area (Å²) in [6, 6.07) is 0. The van der Waals surface area contributed by atoms with Gasteiger partial charge < -0.3 is 14.2 Å². The Kier molecular flexibility index (Phi) is 6.51. The van der Waals surface area contributed by atoms with Gasteiger partial charge in [0.25, 0.3) is 0 Å². The van der Waals surface area contributed by atoms with Gasteiger partial charge in [-0.25, -0.2) is 0 Å². The molecule has 0 aliphatic carbocycles. The molecule has 0 rings (SSSR count). The van der Waals surface area contributed by atoms with Crippen molar-refractivity contribution in [2.24, 2.45) is 0 Å². The predicted octanol–water partition coefficient (Wildman–Crippen LogP) is 1.42. The van der Waals surface area contributed by atoms with E-state index in [-0.39, 0.29) is 12.4 Å². The number of hydrogen-bond acceptors (Lipinski definition) is 3. The normalized spacial score (nSPS) is 13.9. The van der Waals surface area contributed by atoms with E-state index in [1.807, 2.05) is 20.8 Å². The molecule has 0 fully saturated rings. The SMILES string of the molecule is CCOC(COC(C)C)OC. The Hall–Kier alpha value is -0.120. The van der Waals surface area contributed by atoms with Crippen molar-refractivity contribution in [2.75, 3.05) is 20.3 Å². The maximum atomic E-state index is 5.30. The summed E-state index contributed by atoms with van der Waals surface area (Å²) in [5, 5.41) is 0. The quantitative estimate of drug-likeness (QED) is 0.553. The summed E-state index contributed by atoms with van der Waals surface area (Å²) in [6.45, 7) is 7.06. The lowest BCUT2D eigenvalue weighted by atomic mass is 10.5. The Labute approximate surface area is 68.6 Å². The summed E-state index contributed by atoms with van der Waals surface area (Å²) in [5.74, 6) is 0. The van der Waals surface area contributed by atoms with Crippen LogP contribution in [0.2, 0.25) is 0 Å². The van der Waals surface area contributed by atoms with Crippen LogP contribution in [-0.2, 0) is 14.2 Å². The molecule has 0 bridgehead atoms. The van der Waals surface area contributed by atoms with Crippen LogP contribution in [0.4, 0.5) is 0 Å². The van der Waals surface area contributed by atoms with Crippen LogP contribution in [0.25, 0.3) is 0 Å². The average Bonchev–Trinajstić information content (AvgIpc) is 1.97. The maximum Gasteiger partial charge on any atom is 0.180 e. The zero-order chi connectivity index (χ0) is 8.69. The third-order valence-corrected chi connectivity index (χ3v) is 1.18. The molecule has 0 spiro atoms. The summed E-state index contributed by atoms with van der Waals surface area (Å²) in [5.41, 5.74) is 0. The number of methoxy groups -OCH3 is 1. The molecule has 0 aromatic rings. The largest absolute Gasteiger partial charge is 0.374 e. The number of ether oxygens (including phenoxy) is 3. The lowest BCUT2D eigenvalue weighted by molar-refractivity contribution is -0.161. The van der Waals surface area contributed by atoms with Crippen LogP contribution < -0.4 is 0 Å². The molecule has 1 unspecified atom stereocenters. The summed E-state index contributed by atoms with van der Waals surface area (Å²) >= 11 is 0. The van der Waals surface area contributed by atoms with Gasteiger partial charge in [0.2, 0.25) is 0 Å². The maximum absolute atomic E-state index is 5.30. The molecule has 11 heavy (non-hydrogen) atoms. The zero-order valence-corrected chi connectivity index (χ0v) is 7.79. The highest BCUT2D eigenvalue weighted by atomic mass is 16.7. The van der Waals surface area contributed by atoms with Crippen molar-refractivity contribution in [2.45, 2.75) is 33.2 Å². The summed E-state index contributed by atoms with van der Waals surface area (Å²) in [4.78, 5) is 0. The second-order valence-corrected chi connectivity index (χ2v) is 2.50. The van der Waals surface area contributed by atoms with E-state index >= 15 is 0 Å². The molecule has 3 heteroatoms. The van der Waals surface area contributed by atoms with Crippen molar-refractivity contribution in [1.82, 2.24) is 0 Å². The van der Waals surface area contributed by atoms with Crippen molar-refractivity contribution in [3.8, 4) is 0 Å². The molecular weight excluding hydrogens is 144 g/mol. The first-order valence-electron chi connectivity index (χ1n) is 3.96. The van der Waals surface area contributed by atoms with E-state index < -0.39 is 0 Å². The second kappa shape index (κ2) is 6.58. The predicted molar refractivity (Wildman–Crippen MR) is 43.5 cm³/mol. The molecule has 0 heterocycles. The van der Waals surface area contributed by atoms with Gasteiger partial charge >= 0.3 is 0 Å². The van der Waals surface area contributed by atoms with Gasteiger partial charge in [-0.3, -0.25) is 0 Å². The lowest BCUT2D eigenvalue weighted by Gasteiger charge is -2.16. The van der Waals surface area contributed by atoms with Crippen LogP contribution in [-0.4, -0.2) is 32.7 Å². The third-order valence-electron chi connectivity index (χ3n) is 1.18. The van der Waals surface area contributed by atoms with Crippen molar-refractivity contribution in [1.29, 1.82) is 0 Å². The Morgan fingerprint density at radius 3 is 2.18 bits per heavy atom. The van der Waals surface area contributed by atoms with Crippen LogP contribution >= 0.6 is 0 Å². The van der Waals surface area contributed by atoms with E-state index in [9.17, 15) is 0 Å². The summed E-state index contributed by atoms with van der Waals surface area (Å²) in [6.07, 6.45) is 0.00973. The van der Waals surface area contributed by atoms with Gasteiger partial charge in [0.15, 0.2) is 6.29 Å². The molecule has 0 amide bonds. The van der Waals surface area contributed by atoms with E-state index in [0.717, 1.165) is 0 Å². The smallest absolute Gasteiger partial charge is 0.180 e. The minimum absolute atomic E-state index is 0.220. The molecule has 0 saturated carbocycles. The molecule has 0 aliphatic heterocycles. The minimum Gasteiger partial charge on any atom is -0.374 e. The van der Waals surface area contributed by atoms with Gasteiger partial charge in [-0.05, 0) is 20.8 Å². The van der Waals surface area contributed by atoms with Gasteiger partial charge in [-0.15, -0.1) is 0 Å². The highest BCUT2D eigenvalue weighted by Crippen LogP contribution is 1.96. The molecule has 0 N–H and O–H groups in total. The van der Waals surface area contributed by atoms with Gasteiger partial charge in [-0.1, -0.05) is 0 Å². The van der Waals surface area contributed by atoms with Gasteiger partial charge in [-0.2, -0.15) is 0 Å². The molecule has 0 aromatic carbocycles. The molecule has 0 aromatic heterocycles. The van der Waals surface area contributed by atoms with Crippen molar-refractivity contribution >= 4 is 0 Å². The van der Waals surface area contributed by atoms with Crippen molar-refractivity contribution in [3.05, 3.63) is 0 Å². The van der Waals surface area contributed by atoms with E-state index in [1.54, 1.807) is 7.11 Å². The molecule has 1 atom stereocenters. The first-order valence-corrected chi connectivity index (χ1v) is 3.96. The summed E-state index contributed by atoms with van der Waals surface area (Å²) in [7, 11) is 1.62. The van der Waals surface area contributed by atoms with Crippen LogP contribution in [0.15, 0.2) is 0 Å². The van der Waals surface area contributed by atoms with Crippen LogP contribution in [0, 0.1) is 0 Å². The molecule has 0 radical (unpaired) electrons. The molecule has 3 nitrogen and oxygen atoms in total. The Balaban J connectivity index is 3.35. The Bertz CT molecular complexity index is 83.4. The van der Waals surface area contributed by atoms with Crippen LogP contribution in [0.5, 0.6) is 0 Å². The van der Waals surface area contributed by atoms with E-state index in [4.69, 9.17) is 14.2 Å². The molecule has 0 aliphatic rings. The van der Waals surface area contributed by atoms with E-state index in [1.165, 1.54) is 0 Å². The van der Waals surface area contributed by atoms with Crippen LogP contribution in [0.1, 0.15) is 20.8 Å². The Morgan fingerprint density at radius 1 is 1.18 bits per heavy atom. The fourth-order valence-electron chi connectivity index (χ4n) is 0.641. The highest BCUT2D eigenvalue weighted by molar-refractivity contribution is 4.42. The van der Waals surface area contributed by atoms with Crippen molar-refractivity contribution in [3.63, 3.8) is 0 Å². The van der Waals surface area contributed by atoms with Crippen LogP contribution in [0.3, 0.4) is 0 Å². The number of rotatable bonds is 6. The van der Waals surface area contributed by atoms with Gasteiger partial charge in [0.05, 0.1) is 12.7 Å². The van der Waals surface area contributed by atoms with E-state index in [2.05, 4.69) is 0 Å². The first-order chi connectivity index (χ1) is 5.20. The molecular formula is C8H18O3. The van der Waals surface area contributed by atoms with Gasteiger partial charge in [0, 0.05) is 13.7 Å². The number of hydrogen-bond donors (Lipinski definition) is 0. The second-order valence-electron chi connectivity index (χ2n) is 2.50. The highest BCUT2D eigenvalue weighted by Gasteiger charge is 2.06. The fraction of sp³-hybridized carbons (Fsp3) is 1.00. The molecule has 68 valence electrons. The fourth-order valence-corrected chi connectivity index (χ4v) is 0.641.